The van der Waals surface area contributed by atoms with Crippen LogP contribution in [0.4, 0.5) is 0 Å². The zero-order chi connectivity index (χ0) is 13.1. The van der Waals surface area contributed by atoms with Gasteiger partial charge in [-0.15, -0.1) is 10.2 Å². The van der Waals surface area contributed by atoms with Crippen molar-refractivity contribution >= 4 is 0 Å². The van der Waals surface area contributed by atoms with E-state index in [-0.39, 0.29) is 0 Å². The maximum absolute atomic E-state index is 4.26. The SMILES string of the molecule is CNC(Cc1nnn(C)n1)C1CN(C)CCN1C. The zero-order valence-electron chi connectivity index (χ0n) is 11.7. The first-order valence-electron chi connectivity index (χ1n) is 6.39. The number of aromatic nitrogens is 4. The first kappa shape index (κ1) is 13.4. The smallest absolute Gasteiger partial charge is 0.176 e. The monoisotopic (exact) mass is 253 g/mol. The van der Waals surface area contributed by atoms with Crippen LogP contribution in [0.25, 0.3) is 0 Å². The van der Waals surface area contributed by atoms with Gasteiger partial charge < -0.3 is 10.2 Å². The summed E-state index contributed by atoms with van der Waals surface area (Å²) in [5.41, 5.74) is 0. The molecular weight excluding hydrogens is 230 g/mol. The molecule has 1 aliphatic rings. The van der Waals surface area contributed by atoms with Crippen LogP contribution >= 0.6 is 0 Å². The fourth-order valence-electron chi connectivity index (χ4n) is 2.51. The molecule has 0 amide bonds. The van der Waals surface area contributed by atoms with E-state index in [4.69, 9.17) is 0 Å². The van der Waals surface area contributed by atoms with Crippen LogP contribution in [0.5, 0.6) is 0 Å². The molecule has 1 aromatic heterocycles. The highest BCUT2D eigenvalue weighted by atomic mass is 15.6. The van der Waals surface area contributed by atoms with Crippen LogP contribution in [0, 0.1) is 0 Å². The van der Waals surface area contributed by atoms with Gasteiger partial charge in [0, 0.05) is 38.1 Å². The van der Waals surface area contributed by atoms with E-state index in [0.717, 1.165) is 31.9 Å². The van der Waals surface area contributed by atoms with Gasteiger partial charge in [0.25, 0.3) is 0 Å². The van der Waals surface area contributed by atoms with Crippen LogP contribution < -0.4 is 5.32 Å². The molecule has 0 aliphatic carbocycles. The third-order valence-corrected chi connectivity index (χ3v) is 3.69. The quantitative estimate of drug-likeness (QED) is 0.711. The van der Waals surface area contributed by atoms with Gasteiger partial charge in [-0.3, -0.25) is 4.90 Å². The molecule has 2 heterocycles. The van der Waals surface area contributed by atoms with E-state index >= 15 is 0 Å². The molecule has 1 aromatic rings. The number of likely N-dealkylation sites (N-methyl/N-ethyl adjacent to an activating group) is 3. The van der Waals surface area contributed by atoms with Gasteiger partial charge in [0.15, 0.2) is 5.82 Å². The van der Waals surface area contributed by atoms with Crippen molar-refractivity contribution in [2.75, 3.05) is 40.8 Å². The van der Waals surface area contributed by atoms with E-state index in [2.05, 4.69) is 44.6 Å². The summed E-state index contributed by atoms with van der Waals surface area (Å²) in [5, 5.41) is 15.6. The van der Waals surface area contributed by atoms with Crippen molar-refractivity contribution in [1.29, 1.82) is 0 Å². The minimum Gasteiger partial charge on any atom is -0.315 e. The molecule has 2 atom stereocenters. The van der Waals surface area contributed by atoms with Gasteiger partial charge in [-0.2, -0.15) is 4.80 Å². The number of hydrogen-bond donors (Lipinski definition) is 1. The summed E-state index contributed by atoms with van der Waals surface area (Å²) in [5.74, 6) is 0.804. The van der Waals surface area contributed by atoms with E-state index in [1.54, 1.807) is 7.05 Å². The van der Waals surface area contributed by atoms with Gasteiger partial charge in [-0.25, -0.2) is 0 Å². The maximum Gasteiger partial charge on any atom is 0.176 e. The summed E-state index contributed by atoms with van der Waals surface area (Å²) in [4.78, 5) is 6.30. The number of hydrogen-bond acceptors (Lipinski definition) is 6. The van der Waals surface area contributed by atoms with E-state index in [9.17, 15) is 0 Å². The van der Waals surface area contributed by atoms with Crippen molar-refractivity contribution in [3.8, 4) is 0 Å². The first-order chi connectivity index (χ1) is 8.60. The molecule has 0 spiro atoms. The molecule has 0 radical (unpaired) electrons. The van der Waals surface area contributed by atoms with Gasteiger partial charge in [0.05, 0.1) is 7.05 Å². The number of tetrazole rings is 1. The van der Waals surface area contributed by atoms with Gasteiger partial charge >= 0.3 is 0 Å². The second-order valence-corrected chi connectivity index (χ2v) is 5.10. The maximum atomic E-state index is 4.26. The molecule has 0 aromatic carbocycles. The molecule has 1 saturated heterocycles. The number of nitrogens with one attached hydrogen (secondary N) is 1. The molecule has 18 heavy (non-hydrogen) atoms. The molecule has 1 N–H and O–H groups in total. The Hall–Kier alpha value is -1.05. The predicted octanol–water partition coefficient (Wildman–Crippen LogP) is -1.41. The lowest BCUT2D eigenvalue weighted by molar-refractivity contribution is 0.0892. The average molecular weight is 253 g/mol. The van der Waals surface area contributed by atoms with Crippen LogP contribution in [0.3, 0.4) is 0 Å². The van der Waals surface area contributed by atoms with Crippen LogP contribution in [-0.4, -0.2) is 82.9 Å². The summed E-state index contributed by atoms with van der Waals surface area (Å²) < 4.78 is 0. The standard InChI is InChI=1S/C11H23N7/c1-12-9(7-11-13-15-18(4)14-11)10-8-16(2)5-6-17(10)3/h9-10,12H,5-8H2,1-4H3. The van der Waals surface area contributed by atoms with Crippen LogP contribution in [0.2, 0.25) is 0 Å². The van der Waals surface area contributed by atoms with E-state index in [1.807, 2.05) is 7.05 Å². The fraction of sp³-hybridized carbons (Fsp3) is 0.909. The Kier molecular flexibility index (Phi) is 4.26. The second-order valence-electron chi connectivity index (χ2n) is 5.10. The Balaban J connectivity index is 2.02. The van der Waals surface area contributed by atoms with Gasteiger partial charge in [-0.05, 0) is 26.4 Å². The minimum atomic E-state index is 0.349. The van der Waals surface area contributed by atoms with E-state index < -0.39 is 0 Å². The van der Waals surface area contributed by atoms with Crippen molar-refractivity contribution in [2.45, 2.75) is 18.5 Å². The molecule has 0 saturated carbocycles. The van der Waals surface area contributed by atoms with Crippen molar-refractivity contribution < 1.29 is 0 Å². The highest BCUT2D eigenvalue weighted by molar-refractivity contribution is 4.94. The molecule has 1 aliphatic heterocycles. The molecular formula is C11H23N7. The molecule has 7 nitrogen and oxygen atoms in total. The van der Waals surface area contributed by atoms with Crippen molar-refractivity contribution in [2.24, 2.45) is 7.05 Å². The Labute approximate surface area is 108 Å². The lowest BCUT2D eigenvalue weighted by atomic mass is 10.0. The van der Waals surface area contributed by atoms with Crippen molar-refractivity contribution in [3.05, 3.63) is 5.82 Å². The number of rotatable bonds is 4. The topological polar surface area (TPSA) is 62.1 Å². The Morgan fingerprint density at radius 1 is 1.33 bits per heavy atom. The molecule has 1 fully saturated rings. The molecule has 0 bridgehead atoms. The number of nitrogens with zero attached hydrogens (tertiary/aromatic N) is 6. The van der Waals surface area contributed by atoms with Gasteiger partial charge in [-0.1, -0.05) is 0 Å². The zero-order valence-corrected chi connectivity index (χ0v) is 11.7. The Morgan fingerprint density at radius 3 is 2.72 bits per heavy atom. The van der Waals surface area contributed by atoms with Crippen LogP contribution in [0.1, 0.15) is 5.82 Å². The van der Waals surface area contributed by atoms with Gasteiger partial charge in [0.2, 0.25) is 0 Å². The third kappa shape index (κ3) is 3.04. The molecule has 2 rings (SSSR count). The normalized spacial score (nSPS) is 24.3. The summed E-state index contributed by atoms with van der Waals surface area (Å²) in [6.07, 6.45) is 0.813. The largest absolute Gasteiger partial charge is 0.315 e. The molecule has 2 unspecified atom stereocenters. The highest BCUT2D eigenvalue weighted by Crippen LogP contribution is 2.12. The molecule has 102 valence electrons. The first-order valence-corrected chi connectivity index (χ1v) is 6.39. The van der Waals surface area contributed by atoms with Crippen molar-refractivity contribution in [1.82, 2.24) is 35.3 Å². The lowest BCUT2D eigenvalue weighted by Crippen LogP contribution is -2.58. The summed E-state index contributed by atoms with van der Waals surface area (Å²) in [7, 11) is 8.16. The van der Waals surface area contributed by atoms with Crippen molar-refractivity contribution in [3.63, 3.8) is 0 Å². The third-order valence-electron chi connectivity index (χ3n) is 3.69. The Morgan fingerprint density at radius 2 is 2.11 bits per heavy atom. The van der Waals surface area contributed by atoms with Crippen LogP contribution in [0.15, 0.2) is 0 Å². The van der Waals surface area contributed by atoms with Crippen LogP contribution in [-0.2, 0) is 13.5 Å². The number of aryl methyl sites for hydroxylation is 1. The van der Waals surface area contributed by atoms with E-state index in [1.165, 1.54) is 4.80 Å². The van der Waals surface area contributed by atoms with Gasteiger partial charge in [0.1, 0.15) is 0 Å². The minimum absolute atomic E-state index is 0.349. The Bertz CT molecular complexity index is 377. The average Bonchev–Trinajstić information content (AvgIpc) is 2.75. The summed E-state index contributed by atoms with van der Waals surface area (Å²) >= 11 is 0. The predicted molar refractivity (Wildman–Crippen MR) is 69.3 cm³/mol. The van der Waals surface area contributed by atoms with E-state index in [0.29, 0.717) is 12.1 Å². The number of piperazine rings is 1. The molecule has 7 heteroatoms. The summed E-state index contributed by atoms with van der Waals surface area (Å²) in [6.45, 7) is 3.31. The highest BCUT2D eigenvalue weighted by Gasteiger charge is 2.29. The lowest BCUT2D eigenvalue weighted by Gasteiger charge is -2.41. The summed E-state index contributed by atoms with van der Waals surface area (Å²) in [6, 6.07) is 0.833. The fourth-order valence-corrected chi connectivity index (χ4v) is 2.51. The second kappa shape index (κ2) is 5.73.